The van der Waals surface area contributed by atoms with Crippen LogP contribution >= 0.6 is 0 Å². The Balaban J connectivity index is 3.79. The van der Waals surface area contributed by atoms with E-state index >= 15 is 0 Å². The second-order valence-corrected chi connectivity index (χ2v) is 6.90. The Kier molecular flexibility index (Phi) is 3.90. The molecule has 0 aliphatic carbocycles. The molecule has 0 saturated heterocycles. The molecule has 0 spiro atoms. The highest BCUT2D eigenvalue weighted by Crippen LogP contribution is 2.40. The highest BCUT2D eigenvalue weighted by Gasteiger charge is 2.33. The van der Waals surface area contributed by atoms with Crippen molar-refractivity contribution in [1.82, 2.24) is 0 Å². The molecule has 1 rings (SSSR count). The molecule has 6 nitrogen and oxygen atoms in total. The maximum absolute atomic E-state index is 11.3. The van der Waals surface area contributed by atoms with E-state index in [2.05, 4.69) is 0 Å². The summed E-state index contributed by atoms with van der Waals surface area (Å²) in [7, 11) is 0. The zero-order chi connectivity index (χ0) is 15.9. The van der Waals surface area contributed by atoms with E-state index in [1.807, 2.05) is 0 Å². The van der Waals surface area contributed by atoms with Crippen molar-refractivity contribution in [1.29, 1.82) is 0 Å². The van der Waals surface area contributed by atoms with Crippen molar-refractivity contribution in [3.63, 3.8) is 0 Å². The van der Waals surface area contributed by atoms with Gasteiger partial charge in [-0.15, -0.1) is 0 Å². The fraction of sp³-hybridized carbons (Fsp3) is 0.571. The number of hydrogen-bond acceptors (Lipinski definition) is 4. The van der Waals surface area contributed by atoms with Gasteiger partial charge in [0.05, 0.1) is 9.85 Å². The van der Waals surface area contributed by atoms with Gasteiger partial charge in [0.15, 0.2) is 0 Å². The summed E-state index contributed by atoms with van der Waals surface area (Å²) < 4.78 is 0. The minimum atomic E-state index is -0.538. The standard InChI is InChI=1S/C14H20N2O4/c1-13(2,3)9-7-12(16(19)20)10(14(4,5)6)8-11(9)15(17)18/h7-8H,1-6H3. The van der Waals surface area contributed by atoms with E-state index in [0.717, 1.165) is 0 Å². The Morgan fingerprint density at radius 2 is 1.00 bits per heavy atom. The molecule has 0 fully saturated rings. The van der Waals surface area contributed by atoms with E-state index < -0.39 is 20.7 Å². The predicted octanol–water partition coefficient (Wildman–Crippen LogP) is 4.10. The van der Waals surface area contributed by atoms with Crippen LogP contribution in [0.15, 0.2) is 12.1 Å². The van der Waals surface area contributed by atoms with E-state index in [1.54, 1.807) is 41.5 Å². The molecular formula is C14H20N2O4. The van der Waals surface area contributed by atoms with Gasteiger partial charge >= 0.3 is 0 Å². The van der Waals surface area contributed by atoms with Crippen LogP contribution in [-0.2, 0) is 10.8 Å². The first kappa shape index (κ1) is 16.1. The molecule has 0 aromatic heterocycles. The summed E-state index contributed by atoms with van der Waals surface area (Å²) in [5, 5.41) is 22.5. The molecule has 6 heteroatoms. The zero-order valence-corrected chi connectivity index (χ0v) is 12.7. The van der Waals surface area contributed by atoms with Gasteiger partial charge in [-0.3, -0.25) is 20.2 Å². The third kappa shape index (κ3) is 3.12. The van der Waals surface area contributed by atoms with Gasteiger partial charge in [0, 0.05) is 23.3 Å². The summed E-state index contributed by atoms with van der Waals surface area (Å²) in [6.45, 7) is 10.8. The lowest BCUT2D eigenvalue weighted by Gasteiger charge is -2.23. The van der Waals surface area contributed by atoms with Crippen LogP contribution in [0.1, 0.15) is 52.7 Å². The molecule has 0 atom stereocenters. The molecule has 0 bridgehead atoms. The summed E-state index contributed by atoms with van der Waals surface area (Å²) in [5.41, 5.74) is -0.446. The molecule has 110 valence electrons. The summed E-state index contributed by atoms with van der Waals surface area (Å²) in [4.78, 5) is 21.6. The first-order chi connectivity index (χ1) is 8.85. The SMILES string of the molecule is CC(C)(C)c1cc([N+](=O)[O-])c(C(C)(C)C)cc1[N+](=O)[O-]. The van der Waals surface area contributed by atoms with Crippen LogP contribution in [0.4, 0.5) is 11.4 Å². The van der Waals surface area contributed by atoms with Crippen molar-refractivity contribution >= 4 is 11.4 Å². The van der Waals surface area contributed by atoms with Crippen molar-refractivity contribution in [3.05, 3.63) is 43.5 Å². The fourth-order valence-corrected chi connectivity index (χ4v) is 2.08. The van der Waals surface area contributed by atoms with Crippen LogP contribution in [0, 0.1) is 20.2 Å². The van der Waals surface area contributed by atoms with Gasteiger partial charge in [-0.05, 0) is 10.8 Å². The van der Waals surface area contributed by atoms with Gasteiger partial charge in [-0.25, -0.2) is 0 Å². The van der Waals surface area contributed by atoms with E-state index in [1.165, 1.54) is 12.1 Å². The monoisotopic (exact) mass is 280 g/mol. The van der Waals surface area contributed by atoms with Gasteiger partial charge < -0.3 is 0 Å². The average Bonchev–Trinajstić information content (AvgIpc) is 2.24. The Hall–Kier alpha value is -1.98. The molecule has 0 N–H and O–H groups in total. The molecule has 1 aromatic rings. The molecular weight excluding hydrogens is 260 g/mol. The minimum absolute atomic E-state index is 0.0620. The number of nitro groups is 2. The third-order valence-electron chi connectivity index (χ3n) is 3.12. The first-order valence-electron chi connectivity index (χ1n) is 6.33. The highest BCUT2D eigenvalue weighted by atomic mass is 16.6. The molecule has 0 unspecified atom stereocenters. The number of nitro benzene ring substituents is 2. The lowest BCUT2D eigenvalue weighted by atomic mass is 9.80. The molecule has 0 radical (unpaired) electrons. The Morgan fingerprint density at radius 1 is 0.750 bits per heavy atom. The molecule has 1 aromatic carbocycles. The summed E-state index contributed by atoms with van der Waals surface area (Å²) >= 11 is 0. The minimum Gasteiger partial charge on any atom is -0.258 e. The second-order valence-electron chi connectivity index (χ2n) is 6.90. The van der Waals surface area contributed by atoms with Crippen molar-refractivity contribution < 1.29 is 9.85 Å². The fourth-order valence-electron chi connectivity index (χ4n) is 2.08. The summed E-state index contributed by atoms with van der Waals surface area (Å²) in [5.74, 6) is 0. The van der Waals surface area contributed by atoms with Crippen LogP contribution in [-0.4, -0.2) is 9.85 Å². The van der Waals surface area contributed by atoms with Crippen molar-refractivity contribution in [2.45, 2.75) is 52.4 Å². The van der Waals surface area contributed by atoms with E-state index in [4.69, 9.17) is 0 Å². The predicted molar refractivity (Wildman–Crippen MR) is 77.2 cm³/mol. The van der Waals surface area contributed by atoms with Gasteiger partial charge in [0.1, 0.15) is 0 Å². The number of benzene rings is 1. The van der Waals surface area contributed by atoms with Crippen LogP contribution in [0.25, 0.3) is 0 Å². The van der Waals surface area contributed by atoms with E-state index in [-0.39, 0.29) is 11.4 Å². The normalized spacial score (nSPS) is 12.3. The lowest BCUT2D eigenvalue weighted by molar-refractivity contribution is -0.390. The smallest absolute Gasteiger partial charge is 0.258 e. The molecule has 0 amide bonds. The van der Waals surface area contributed by atoms with Crippen molar-refractivity contribution in [2.75, 3.05) is 0 Å². The summed E-state index contributed by atoms with van der Waals surface area (Å²) in [6.07, 6.45) is 0. The van der Waals surface area contributed by atoms with Gasteiger partial charge in [-0.2, -0.15) is 0 Å². The highest BCUT2D eigenvalue weighted by molar-refractivity contribution is 5.58. The number of hydrogen-bond donors (Lipinski definition) is 0. The lowest BCUT2D eigenvalue weighted by Crippen LogP contribution is -2.19. The molecule has 20 heavy (non-hydrogen) atoms. The maximum atomic E-state index is 11.3. The average molecular weight is 280 g/mol. The van der Waals surface area contributed by atoms with Gasteiger partial charge in [0.2, 0.25) is 0 Å². The largest absolute Gasteiger partial charge is 0.273 e. The summed E-state index contributed by atoms with van der Waals surface area (Å²) in [6, 6.07) is 2.69. The Morgan fingerprint density at radius 3 is 1.15 bits per heavy atom. The molecule has 0 heterocycles. The number of nitrogens with zero attached hydrogens (tertiary/aromatic N) is 2. The zero-order valence-electron chi connectivity index (χ0n) is 12.7. The van der Waals surface area contributed by atoms with Crippen LogP contribution < -0.4 is 0 Å². The topological polar surface area (TPSA) is 86.3 Å². The van der Waals surface area contributed by atoms with Crippen molar-refractivity contribution in [3.8, 4) is 0 Å². The van der Waals surface area contributed by atoms with E-state index in [9.17, 15) is 20.2 Å². The third-order valence-corrected chi connectivity index (χ3v) is 3.12. The van der Waals surface area contributed by atoms with Gasteiger partial charge in [-0.1, -0.05) is 41.5 Å². The number of rotatable bonds is 2. The molecule has 0 saturated carbocycles. The maximum Gasteiger partial charge on any atom is 0.273 e. The van der Waals surface area contributed by atoms with Crippen LogP contribution in [0.3, 0.4) is 0 Å². The van der Waals surface area contributed by atoms with Gasteiger partial charge in [0.25, 0.3) is 11.4 Å². The molecule has 0 aliphatic heterocycles. The van der Waals surface area contributed by atoms with E-state index in [0.29, 0.717) is 11.1 Å². The second kappa shape index (κ2) is 4.85. The van der Waals surface area contributed by atoms with Crippen molar-refractivity contribution in [2.24, 2.45) is 0 Å². The Bertz CT molecular complexity index is 514. The Labute approximate surface area is 118 Å². The quantitative estimate of drug-likeness (QED) is 0.602. The van der Waals surface area contributed by atoms with Crippen LogP contribution in [0.2, 0.25) is 0 Å². The van der Waals surface area contributed by atoms with Crippen LogP contribution in [0.5, 0.6) is 0 Å². The molecule has 0 aliphatic rings. The first-order valence-corrected chi connectivity index (χ1v) is 6.33.